The molecule has 0 saturated carbocycles. The topological polar surface area (TPSA) is 29.5 Å². The van der Waals surface area contributed by atoms with Gasteiger partial charge in [0.15, 0.2) is 5.57 Å². The number of carbonyl (C=O) groups excluding carboxylic acids is 1. The van der Waals surface area contributed by atoms with Crippen LogP contribution in [-0.4, -0.2) is 37.2 Å². The highest BCUT2D eigenvalue weighted by molar-refractivity contribution is 8.02. The van der Waals surface area contributed by atoms with Crippen LogP contribution in [0.4, 0.5) is 13.2 Å². The highest BCUT2D eigenvalue weighted by Crippen LogP contribution is 2.36. The van der Waals surface area contributed by atoms with Crippen LogP contribution in [0.2, 0.25) is 0 Å². The van der Waals surface area contributed by atoms with Gasteiger partial charge < -0.3 is 9.64 Å². The van der Waals surface area contributed by atoms with Crippen molar-refractivity contribution in [2.24, 2.45) is 0 Å². The zero-order valence-electron chi connectivity index (χ0n) is 13.3. The minimum atomic E-state index is -4.77. The number of hydrogen-bond donors (Lipinski definition) is 0. The second kappa shape index (κ2) is 8.86. The van der Waals surface area contributed by atoms with Gasteiger partial charge in [-0.1, -0.05) is 30.3 Å². The van der Waals surface area contributed by atoms with Gasteiger partial charge in [-0.2, -0.15) is 13.2 Å². The maximum atomic E-state index is 13.4. The van der Waals surface area contributed by atoms with Gasteiger partial charge >= 0.3 is 12.1 Å². The van der Waals surface area contributed by atoms with Crippen molar-refractivity contribution in [2.75, 3.05) is 20.2 Å². The van der Waals surface area contributed by atoms with E-state index in [9.17, 15) is 18.0 Å². The van der Waals surface area contributed by atoms with Crippen molar-refractivity contribution >= 4 is 17.7 Å². The molecule has 0 fully saturated rings. The monoisotopic (exact) mass is 347 g/mol. The Balaban J connectivity index is 3.25. The van der Waals surface area contributed by atoms with E-state index in [0.717, 1.165) is 24.4 Å². The summed E-state index contributed by atoms with van der Waals surface area (Å²) in [5, 5.41) is -0.0989. The average Bonchev–Trinajstić information content (AvgIpc) is 2.52. The number of hydrogen-bond acceptors (Lipinski definition) is 4. The molecular weight excluding hydrogens is 327 g/mol. The Morgan fingerprint density at radius 1 is 1.17 bits per heavy atom. The molecule has 128 valence electrons. The standard InChI is InChI=1S/C16H20F3NO2S/c1-4-20(5-2)14(13(15(21)22-3)16(17,18)19)23-11-12-9-7-6-8-10-12/h6-10H,4-5,11H2,1-3H3/b14-13-. The first-order valence-corrected chi connectivity index (χ1v) is 8.15. The lowest BCUT2D eigenvalue weighted by molar-refractivity contribution is -0.148. The SMILES string of the molecule is CCN(CC)/C(SCc1ccccc1)=C(\C(=O)OC)C(F)(F)F. The summed E-state index contributed by atoms with van der Waals surface area (Å²) in [6, 6.07) is 9.14. The fourth-order valence-corrected chi connectivity index (χ4v) is 3.26. The Hall–Kier alpha value is -1.63. The summed E-state index contributed by atoms with van der Waals surface area (Å²) >= 11 is 0.995. The molecule has 1 rings (SSSR count). The summed E-state index contributed by atoms with van der Waals surface area (Å²) in [5.41, 5.74) is -0.363. The van der Waals surface area contributed by atoms with Crippen LogP contribution in [-0.2, 0) is 15.3 Å². The number of esters is 1. The van der Waals surface area contributed by atoms with Gasteiger partial charge in [-0.05, 0) is 19.4 Å². The van der Waals surface area contributed by atoms with Crippen molar-refractivity contribution in [2.45, 2.75) is 25.8 Å². The highest BCUT2D eigenvalue weighted by atomic mass is 32.2. The molecule has 7 heteroatoms. The lowest BCUT2D eigenvalue weighted by Gasteiger charge is -2.27. The number of ether oxygens (including phenoxy) is 1. The molecule has 0 aliphatic rings. The zero-order chi connectivity index (χ0) is 17.5. The third-order valence-corrected chi connectivity index (χ3v) is 4.37. The molecule has 0 saturated heterocycles. The number of benzene rings is 1. The van der Waals surface area contributed by atoms with Crippen molar-refractivity contribution in [3.63, 3.8) is 0 Å². The molecule has 0 aliphatic heterocycles. The molecule has 0 amide bonds. The third-order valence-electron chi connectivity index (χ3n) is 3.16. The summed E-state index contributed by atoms with van der Waals surface area (Å²) in [4.78, 5) is 13.2. The van der Waals surface area contributed by atoms with Gasteiger partial charge in [0.1, 0.15) is 0 Å². The van der Waals surface area contributed by atoms with Gasteiger partial charge in [0.05, 0.1) is 12.1 Å². The largest absolute Gasteiger partial charge is 0.465 e. The molecule has 0 unspecified atom stereocenters. The van der Waals surface area contributed by atoms with Crippen molar-refractivity contribution in [3.8, 4) is 0 Å². The lowest BCUT2D eigenvalue weighted by Crippen LogP contribution is -2.30. The molecule has 0 heterocycles. The molecule has 3 nitrogen and oxygen atoms in total. The van der Waals surface area contributed by atoms with Gasteiger partial charge in [-0.15, -0.1) is 11.8 Å². The van der Waals surface area contributed by atoms with E-state index >= 15 is 0 Å². The Kier molecular flexibility index (Phi) is 7.48. The van der Waals surface area contributed by atoms with E-state index in [0.29, 0.717) is 18.8 Å². The van der Waals surface area contributed by atoms with Crippen molar-refractivity contribution < 1.29 is 22.7 Å². The second-order valence-corrected chi connectivity index (χ2v) is 5.58. The van der Waals surface area contributed by atoms with E-state index in [4.69, 9.17) is 0 Å². The predicted molar refractivity (Wildman–Crippen MR) is 85.8 cm³/mol. The lowest BCUT2D eigenvalue weighted by atomic mass is 10.2. The summed E-state index contributed by atoms with van der Waals surface area (Å²) in [7, 11) is 0.954. The van der Waals surface area contributed by atoms with Crippen LogP contribution in [0.3, 0.4) is 0 Å². The molecule has 0 radical (unpaired) electrons. The van der Waals surface area contributed by atoms with Crippen LogP contribution >= 0.6 is 11.8 Å². The number of rotatable bonds is 7. The van der Waals surface area contributed by atoms with E-state index in [-0.39, 0.29) is 5.03 Å². The maximum absolute atomic E-state index is 13.4. The minimum Gasteiger partial charge on any atom is -0.465 e. The highest BCUT2D eigenvalue weighted by Gasteiger charge is 2.43. The number of alkyl halides is 3. The van der Waals surface area contributed by atoms with E-state index in [1.54, 1.807) is 13.8 Å². The van der Waals surface area contributed by atoms with E-state index < -0.39 is 17.7 Å². The van der Waals surface area contributed by atoms with Gasteiger partial charge in [0, 0.05) is 18.8 Å². The van der Waals surface area contributed by atoms with Crippen molar-refractivity contribution in [3.05, 3.63) is 46.5 Å². The van der Waals surface area contributed by atoms with Crippen molar-refractivity contribution in [1.29, 1.82) is 0 Å². The molecule has 0 atom stereocenters. The molecule has 0 N–H and O–H groups in total. The minimum absolute atomic E-state index is 0.0989. The number of nitrogens with zero attached hydrogens (tertiary/aromatic N) is 1. The Morgan fingerprint density at radius 3 is 2.17 bits per heavy atom. The first-order chi connectivity index (χ1) is 10.8. The first-order valence-electron chi connectivity index (χ1n) is 7.16. The first kappa shape index (κ1) is 19.4. The molecule has 0 spiro atoms. The summed E-state index contributed by atoms with van der Waals surface area (Å²) < 4.78 is 44.5. The van der Waals surface area contributed by atoms with Crippen LogP contribution in [0.1, 0.15) is 19.4 Å². The molecule has 23 heavy (non-hydrogen) atoms. The van der Waals surface area contributed by atoms with Crippen LogP contribution < -0.4 is 0 Å². The summed E-state index contributed by atoms with van der Waals surface area (Å²) in [6.07, 6.45) is -4.77. The van der Waals surface area contributed by atoms with Gasteiger partial charge in [0.25, 0.3) is 0 Å². The molecular formula is C16H20F3NO2S. The second-order valence-electron chi connectivity index (χ2n) is 4.62. The fourth-order valence-electron chi connectivity index (χ4n) is 1.98. The van der Waals surface area contributed by atoms with Crippen LogP contribution in [0, 0.1) is 0 Å². The van der Waals surface area contributed by atoms with Crippen LogP contribution in [0.25, 0.3) is 0 Å². The number of methoxy groups -OCH3 is 1. The Morgan fingerprint density at radius 2 is 1.74 bits per heavy atom. The predicted octanol–water partition coefficient (Wildman–Crippen LogP) is 4.21. The summed E-state index contributed by atoms with van der Waals surface area (Å²) in [6.45, 7) is 4.23. The Bertz CT molecular complexity index is 540. The average molecular weight is 347 g/mol. The quantitative estimate of drug-likeness (QED) is 0.546. The summed E-state index contributed by atoms with van der Waals surface area (Å²) in [5.74, 6) is -1.02. The van der Waals surface area contributed by atoms with Crippen LogP contribution in [0.15, 0.2) is 40.9 Å². The zero-order valence-corrected chi connectivity index (χ0v) is 14.1. The van der Waals surface area contributed by atoms with Gasteiger partial charge in [-0.3, -0.25) is 0 Å². The van der Waals surface area contributed by atoms with Crippen molar-refractivity contribution in [1.82, 2.24) is 4.90 Å². The maximum Gasteiger partial charge on any atom is 0.425 e. The fraction of sp³-hybridized carbons (Fsp3) is 0.438. The number of carbonyl (C=O) groups is 1. The number of thioether (sulfide) groups is 1. The normalized spacial score (nSPS) is 12.6. The van der Waals surface area contributed by atoms with E-state index in [2.05, 4.69) is 4.74 Å². The van der Waals surface area contributed by atoms with Crippen LogP contribution in [0.5, 0.6) is 0 Å². The molecule has 0 bridgehead atoms. The molecule has 0 aromatic heterocycles. The molecule has 1 aromatic rings. The molecule has 0 aliphatic carbocycles. The van der Waals surface area contributed by atoms with E-state index in [1.807, 2.05) is 30.3 Å². The Labute approximate surface area is 138 Å². The number of halogens is 3. The smallest absolute Gasteiger partial charge is 0.425 e. The van der Waals surface area contributed by atoms with Gasteiger partial charge in [-0.25, -0.2) is 4.79 Å². The van der Waals surface area contributed by atoms with E-state index in [1.165, 1.54) is 4.90 Å². The molecule has 1 aromatic carbocycles. The third kappa shape index (κ3) is 5.49. The van der Waals surface area contributed by atoms with Gasteiger partial charge in [0.2, 0.25) is 0 Å².